The van der Waals surface area contributed by atoms with Crippen LogP contribution in [0.4, 0.5) is 5.69 Å². The summed E-state index contributed by atoms with van der Waals surface area (Å²) in [5, 5.41) is 4.26. The summed E-state index contributed by atoms with van der Waals surface area (Å²) in [6.07, 6.45) is 1.84. The SMILES string of the molecule is Cc1ccccc1-n1c(C)cc([C@@H]2[C@@H](c3ccccn3)NC(=S)N2c2ccc(Oc3ccccc3)cc2)c1C. The monoisotopic (exact) mass is 530 g/mol. The molecular weight excluding hydrogens is 500 g/mol. The maximum Gasteiger partial charge on any atom is 0.174 e. The molecule has 6 rings (SSSR count). The topological polar surface area (TPSA) is 42.3 Å². The number of aryl methyl sites for hydroxylation is 2. The highest BCUT2D eigenvalue weighted by atomic mass is 32.1. The Bertz CT molecular complexity index is 1610. The number of aromatic nitrogens is 2. The molecule has 194 valence electrons. The molecule has 1 aliphatic rings. The van der Waals surface area contributed by atoms with Gasteiger partial charge in [0.15, 0.2) is 5.11 Å². The van der Waals surface area contributed by atoms with Crippen LogP contribution in [0, 0.1) is 20.8 Å². The normalized spacial score (nSPS) is 16.8. The Labute approximate surface area is 234 Å². The Morgan fingerprint density at radius 1 is 0.795 bits per heavy atom. The molecule has 0 radical (unpaired) electrons. The first-order chi connectivity index (χ1) is 19.0. The summed E-state index contributed by atoms with van der Waals surface area (Å²) in [5.74, 6) is 1.58. The van der Waals surface area contributed by atoms with Crippen LogP contribution in [0.2, 0.25) is 0 Å². The molecule has 0 amide bonds. The van der Waals surface area contributed by atoms with Gasteiger partial charge in [-0.15, -0.1) is 0 Å². The Kier molecular flexibility index (Phi) is 6.63. The molecule has 0 spiro atoms. The maximum atomic E-state index is 6.04. The minimum atomic E-state index is -0.107. The van der Waals surface area contributed by atoms with E-state index in [-0.39, 0.29) is 12.1 Å². The van der Waals surface area contributed by atoms with Gasteiger partial charge in [-0.1, -0.05) is 42.5 Å². The molecule has 0 bridgehead atoms. The first-order valence-corrected chi connectivity index (χ1v) is 13.5. The quantitative estimate of drug-likeness (QED) is 0.227. The highest BCUT2D eigenvalue weighted by molar-refractivity contribution is 7.80. The molecule has 1 aliphatic heterocycles. The highest BCUT2D eigenvalue weighted by Crippen LogP contribution is 2.44. The third kappa shape index (κ3) is 4.68. The summed E-state index contributed by atoms with van der Waals surface area (Å²) in [6, 6.07) is 34.6. The average molecular weight is 531 g/mol. The van der Waals surface area contributed by atoms with Crippen molar-refractivity contribution in [2.45, 2.75) is 32.9 Å². The van der Waals surface area contributed by atoms with E-state index in [9.17, 15) is 0 Å². The van der Waals surface area contributed by atoms with Crippen LogP contribution in [0.25, 0.3) is 5.69 Å². The van der Waals surface area contributed by atoms with Crippen molar-refractivity contribution in [2.75, 3.05) is 4.90 Å². The van der Waals surface area contributed by atoms with Gasteiger partial charge < -0.3 is 19.5 Å². The molecule has 39 heavy (non-hydrogen) atoms. The number of ether oxygens (including phenoxy) is 1. The number of benzene rings is 3. The Morgan fingerprint density at radius 3 is 2.21 bits per heavy atom. The Balaban J connectivity index is 1.43. The van der Waals surface area contributed by atoms with Crippen LogP contribution < -0.4 is 15.0 Å². The lowest BCUT2D eigenvalue weighted by molar-refractivity contribution is 0.482. The molecule has 3 aromatic carbocycles. The standard InChI is InChI=1S/C33H30N4OS/c1-22-11-7-8-15-30(22)36-23(2)21-28(24(36)3)32-31(29-14-9-10-20-34-29)35-33(39)37(32)25-16-18-27(19-17-25)38-26-12-5-4-6-13-26/h4-21,31-32H,1-3H3,(H,35,39)/t31-,32-/m1/s1. The zero-order valence-corrected chi connectivity index (χ0v) is 23.0. The second kappa shape index (κ2) is 10.4. The molecule has 6 heteroatoms. The number of hydrogen-bond donors (Lipinski definition) is 1. The molecule has 5 nitrogen and oxygen atoms in total. The number of hydrogen-bond acceptors (Lipinski definition) is 3. The molecular formula is C33H30N4OS. The molecule has 0 unspecified atom stereocenters. The van der Waals surface area contributed by atoms with Gasteiger partial charge in [0.2, 0.25) is 0 Å². The van der Waals surface area contributed by atoms with Gasteiger partial charge in [-0.25, -0.2) is 0 Å². The number of pyridine rings is 1. The number of para-hydroxylation sites is 2. The summed E-state index contributed by atoms with van der Waals surface area (Å²) >= 11 is 5.96. The molecule has 1 saturated heterocycles. The fourth-order valence-corrected chi connectivity index (χ4v) is 5.87. The van der Waals surface area contributed by atoms with Gasteiger partial charge in [0.05, 0.1) is 17.8 Å². The van der Waals surface area contributed by atoms with E-state index in [0.29, 0.717) is 5.11 Å². The van der Waals surface area contributed by atoms with Crippen LogP contribution in [-0.2, 0) is 0 Å². The van der Waals surface area contributed by atoms with Gasteiger partial charge >= 0.3 is 0 Å². The van der Waals surface area contributed by atoms with E-state index in [1.807, 2.05) is 60.8 Å². The van der Waals surface area contributed by atoms with Crippen molar-refractivity contribution in [1.29, 1.82) is 0 Å². The average Bonchev–Trinajstić information content (AvgIpc) is 3.45. The van der Waals surface area contributed by atoms with Crippen molar-refractivity contribution in [1.82, 2.24) is 14.9 Å². The van der Waals surface area contributed by atoms with E-state index in [2.05, 4.69) is 84.1 Å². The second-order valence-electron chi connectivity index (χ2n) is 9.85. The first-order valence-electron chi connectivity index (χ1n) is 13.1. The van der Waals surface area contributed by atoms with E-state index in [1.165, 1.54) is 28.2 Å². The summed E-state index contributed by atoms with van der Waals surface area (Å²) in [7, 11) is 0. The van der Waals surface area contributed by atoms with E-state index in [1.54, 1.807) is 0 Å². The minimum absolute atomic E-state index is 0.0859. The largest absolute Gasteiger partial charge is 0.457 e. The molecule has 1 N–H and O–H groups in total. The number of anilines is 1. The van der Waals surface area contributed by atoms with Crippen LogP contribution in [0.15, 0.2) is 109 Å². The van der Waals surface area contributed by atoms with E-state index in [4.69, 9.17) is 21.9 Å². The van der Waals surface area contributed by atoms with Crippen molar-refractivity contribution < 1.29 is 4.74 Å². The van der Waals surface area contributed by atoms with Gasteiger partial charge in [-0.2, -0.15) is 0 Å². The smallest absolute Gasteiger partial charge is 0.174 e. The van der Waals surface area contributed by atoms with Crippen LogP contribution in [0.3, 0.4) is 0 Å². The van der Waals surface area contributed by atoms with Crippen molar-refractivity contribution in [3.05, 3.63) is 138 Å². The predicted octanol–water partition coefficient (Wildman–Crippen LogP) is 7.77. The maximum absolute atomic E-state index is 6.04. The van der Waals surface area contributed by atoms with Crippen LogP contribution in [0.5, 0.6) is 11.5 Å². The fraction of sp³-hybridized carbons (Fsp3) is 0.152. The van der Waals surface area contributed by atoms with Crippen LogP contribution in [0.1, 0.15) is 40.3 Å². The molecule has 0 saturated carbocycles. The summed E-state index contributed by atoms with van der Waals surface area (Å²) in [5.41, 5.74) is 7.96. The van der Waals surface area contributed by atoms with Gasteiger partial charge in [0.25, 0.3) is 0 Å². The molecule has 1 fully saturated rings. The molecule has 2 aromatic heterocycles. The lowest BCUT2D eigenvalue weighted by atomic mass is 9.96. The third-order valence-electron chi connectivity index (χ3n) is 7.34. The number of rotatable bonds is 6. The zero-order valence-electron chi connectivity index (χ0n) is 22.2. The third-order valence-corrected chi connectivity index (χ3v) is 7.65. The summed E-state index contributed by atoms with van der Waals surface area (Å²) < 4.78 is 8.39. The molecule has 2 atom stereocenters. The lowest BCUT2D eigenvalue weighted by Gasteiger charge is -2.28. The van der Waals surface area contributed by atoms with Crippen molar-refractivity contribution in [2.24, 2.45) is 0 Å². The number of nitrogens with zero attached hydrogens (tertiary/aromatic N) is 3. The predicted molar refractivity (Wildman–Crippen MR) is 161 cm³/mol. The number of thiocarbonyl (C=S) groups is 1. The number of nitrogens with one attached hydrogen (secondary N) is 1. The zero-order chi connectivity index (χ0) is 26.9. The highest BCUT2D eigenvalue weighted by Gasteiger charge is 2.42. The first kappa shape index (κ1) is 24.9. The summed E-state index contributed by atoms with van der Waals surface area (Å²) in [4.78, 5) is 6.93. The van der Waals surface area contributed by atoms with Crippen molar-refractivity contribution in [3.8, 4) is 17.2 Å². The Morgan fingerprint density at radius 2 is 1.49 bits per heavy atom. The van der Waals surface area contributed by atoms with Crippen molar-refractivity contribution in [3.63, 3.8) is 0 Å². The van der Waals surface area contributed by atoms with Gasteiger partial charge in [0.1, 0.15) is 11.5 Å². The van der Waals surface area contributed by atoms with Gasteiger partial charge in [-0.3, -0.25) is 4.98 Å². The fourth-order valence-electron chi connectivity index (χ4n) is 5.52. The van der Waals surface area contributed by atoms with Gasteiger partial charge in [0, 0.05) is 29.0 Å². The van der Waals surface area contributed by atoms with E-state index in [0.717, 1.165) is 22.9 Å². The Hall–Kier alpha value is -4.42. The molecule has 0 aliphatic carbocycles. The van der Waals surface area contributed by atoms with Crippen molar-refractivity contribution >= 4 is 23.0 Å². The summed E-state index contributed by atoms with van der Waals surface area (Å²) in [6.45, 7) is 6.52. The second-order valence-corrected chi connectivity index (χ2v) is 10.2. The van der Waals surface area contributed by atoms with E-state index < -0.39 is 0 Å². The van der Waals surface area contributed by atoms with E-state index >= 15 is 0 Å². The van der Waals surface area contributed by atoms with Gasteiger partial charge in [-0.05, 0) is 105 Å². The lowest BCUT2D eigenvalue weighted by Crippen LogP contribution is -2.29. The molecule has 3 heterocycles. The minimum Gasteiger partial charge on any atom is -0.457 e. The molecule has 5 aromatic rings. The van der Waals surface area contributed by atoms with Crippen LogP contribution in [-0.4, -0.2) is 14.7 Å². The van der Waals surface area contributed by atoms with Crippen LogP contribution >= 0.6 is 12.2 Å².